The highest BCUT2D eigenvalue weighted by atomic mass is 32.2. The van der Waals surface area contributed by atoms with Crippen molar-refractivity contribution in [2.45, 2.75) is 25.8 Å². The Morgan fingerprint density at radius 3 is 2.81 bits per heavy atom. The standard InChI is InChI=1S/C16H26N2O2S/c1-13-7-4-5-8-15(13)20-11-6-10-18(2)16(19)14(17)9-12-21-3/h4-5,7-8,14H,6,9-12,17H2,1-3H3/t14-/m0/s1. The molecule has 5 heteroatoms. The number of nitrogens with two attached hydrogens (primary N) is 1. The second kappa shape index (κ2) is 9.68. The third-order valence-corrected chi connectivity index (χ3v) is 3.96. The predicted molar refractivity (Wildman–Crippen MR) is 89.9 cm³/mol. The van der Waals surface area contributed by atoms with Crippen molar-refractivity contribution in [2.75, 3.05) is 32.2 Å². The fraction of sp³-hybridized carbons (Fsp3) is 0.562. The number of amides is 1. The van der Waals surface area contributed by atoms with Gasteiger partial charge in [0.2, 0.25) is 5.91 Å². The summed E-state index contributed by atoms with van der Waals surface area (Å²) >= 11 is 1.71. The van der Waals surface area contributed by atoms with E-state index in [0.29, 0.717) is 13.2 Å². The van der Waals surface area contributed by atoms with Gasteiger partial charge in [0.15, 0.2) is 0 Å². The van der Waals surface area contributed by atoms with Gasteiger partial charge in [-0.1, -0.05) is 18.2 Å². The molecule has 2 N–H and O–H groups in total. The van der Waals surface area contributed by atoms with E-state index in [1.54, 1.807) is 23.7 Å². The molecule has 0 aliphatic carbocycles. The lowest BCUT2D eigenvalue weighted by atomic mass is 10.2. The fourth-order valence-corrected chi connectivity index (χ4v) is 2.45. The van der Waals surface area contributed by atoms with Crippen LogP contribution in [0.3, 0.4) is 0 Å². The van der Waals surface area contributed by atoms with Gasteiger partial charge in [-0.25, -0.2) is 0 Å². The average Bonchev–Trinajstić information content (AvgIpc) is 2.49. The van der Waals surface area contributed by atoms with Crippen molar-refractivity contribution in [3.63, 3.8) is 0 Å². The highest BCUT2D eigenvalue weighted by molar-refractivity contribution is 7.98. The molecule has 0 unspecified atom stereocenters. The Balaban J connectivity index is 2.25. The number of para-hydroxylation sites is 1. The molecule has 0 heterocycles. The third kappa shape index (κ3) is 6.40. The first-order chi connectivity index (χ1) is 10.1. The van der Waals surface area contributed by atoms with Crippen LogP contribution in [0.25, 0.3) is 0 Å². The van der Waals surface area contributed by atoms with E-state index in [0.717, 1.165) is 29.9 Å². The molecule has 0 aliphatic heterocycles. The number of carbonyl (C=O) groups is 1. The van der Waals surface area contributed by atoms with Crippen LogP contribution in [0.2, 0.25) is 0 Å². The molecule has 1 amide bonds. The maximum absolute atomic E-state index is 12.0. The zero-order valence-corrected chi connectivity index (χ0v) is 14.0. The van der Waals surface area contributed by atoms with Crippen LogP contribution >= 0.6 is 11.8 Å². The molecule has 0 radical (unpaired) electrons. The molecule has 1 atom stereocenters. The second-order valence-electron chi connectivity index (χ2n) is 5.12. The van der Waals surface area contributed by atoms with Crippen LogP contribution in [0.15, 0.2) is 24.3 Å². The monoisotopic (exact) mass is 310 g/mol. The fourth-order valence-electron chi connectivity index (χ4n) is 1.96. The van der Waals surface area contributed by atoms with Crippen molar-refractivity contribution in [3.8, 4) is 5.75 Å². The average molecular weight is 310 g/mol. The molecule has 0 saturated carbocycles. The van der Waals surface area contributed by atoms with Crippen molar-refractivity contribution < 1.29 is 9.53 Å². The number of ether oxygens (including phenoxy) is 1. The normalized spacial score (nSPS) is 12.0. The molecule has 1 aromatic carbocycles. The number of benzene rings is 1. The molecule has 1 rings (SSSR count). The lowest BCUT2D eigenvalue weighted by molar-refractivity contribution is -0.131. The Bertz CT molecular complexity index is 440. The van der Waals surface area contributed by atoms with E-state index in [2.05, 4.69) is 0 Å². The molecule has 0 aliphatic rings. The van der Waals surface area contributed by atoms with Gasteiger partial charge in [-0.15, -0.1) is 0 Å². The van der Waals surface area contributed by atoms with Gasteiger partial charge in [-0.3, -0.25) is 4.79 Å². The zero-order valence-electron chi connectivity index (χ0n) is 13.2. The molecule has 0 aromatic heterocycles. The molecule has 4 nitrogen and oxygen atoms in total. The van der Waals surface area contributed by atoms with E-state index in [9.17, 15) is 4.79 Å². The Morgan fingerprint density at radius 2 is 2.14 bits per heavy atom. The first-order valence-corrected chi connectivity index (χ1v) is 8.63. The van der Waals surface area contributed by atoms with Gasteiger partial charge in [0.25, 0.3) is 0 Å². The SMILES string of the molecule is CSCC[C@H](N)C(=O)N(C)CCCOc1ccccc1C. The van der Waals surface area contributed by atoms with Gasteiger partial charge in [0.05, 0.1) is 12.6 Å². The van der Waals surface area contributed by atoms with Crippen molar-refractivity contribution in [1.29, 1.82) is 0 Å². The molecule has 0 saturated heterocycles. The van der Waals surface area contributed by atoms with Gasteiger partial charge in [0.1, 0.15) is 5.75 Å². The summed E-state index contributed by atoms with van der Waals surface area (Å²) in [5.41, 5.74) is 7.01. The predicted octanol–water partition coefficient (Wildman–Crippen LogP) is 2.30. The van der Waals surface area contributed by atoms with Crippen LogP contribution in [0.5, 0.6) is 5.75 Å². The molecule has 0 spiro atoms. The number of aryl methyl sites for hydroxylation is 1. The number of rotatable bonds is 9. The van der Waals surface area contributed by atoms with Crippen LogP contribution in [0, 0.1) is 6.92 Å². The Kier molecular flexibility index (Phi) is 8.23. The summed E-state index contributed by atoms with van der Waals surface area (Å²) in [6.45, 7) is 3.29. The number of hydrogen-bond acceptors (Lipinski definition) is 4. The smallest absolute Gasteiger partial charge is 0.239 e. The van der Waals surface area contributed by atoms with Crippen molar-refractivity contribution >= 4 is 17.7 Å². The molecule has 0 bridgehead atoms. The van der Waals surface area contributed by atoms with E-state index in [4.69, 9.17) is 10.5 Å². The van der Waals surface area contributed by atoms with Gasteiger partial charge in [-0.05, 0) is 43.4 Å². The summed E-state index contributed by atoms with van der Waals surface area (Å²) in [7, 11) is 1.80. The lowest BCUT2D eigenvalue weighted by Crippen LogP contribution is -2.42. The maximum Gasteiger partial charge on any atom is 0.239 e. The number of nitrogens with zero attached hydrogens (tertiary/aromatic N) is 1. The van der Waals surface area contributed by atoms with Crippen molar-refractivity contribution in [1.82, 2.24) is 4.90 Å². The molecule has 21 heavy (non-hydrogen) atoms. The number of thioether (sulfide) groups is 1. The van der Waals surface area contributed by atoms with E-state index < -0.39 is 0 Å². The van der Waals surface area contributed by atoms with Crippen LogP contribution in [0.1, 0.15) is 18.4 Å². The Labute approximate surface area is 132 Å². The first-order valence-electron chi connectivity index (χ1n) is 7.24. The van der Waals surface area contributed by atoms with E-state index >= 15 is 0 Å². The Hall–Kier alpha value is -1.20. The molecular weight excluding hydrogens is 284 g/mol. The lowest BCUT2D eigenvalue weighted by Gasteiger charge is -2.21. The first kappa shape index (κ1) is 17.9. The van der Waals surface area contributed by atoms with Gasteiger partial charge >= 0.3 is 0 Å². The van der Waals surface area contributed by atoms with E-state index in [1.807, 2.05) is 37.4 Å². The maximum atomic E-state index is 12.0. The zero-order chi connectivity index (χ0) is 15.7. The number of hydrogen-bond donors (Lipinski definition) is 1. The van der Waals surface area contributed by atoms with Gasteiger partial charge in [-0.2, -0.15) is 11.8 Å². The van der Waals surface area contributed by atoms with Gasteiger partial charge in [0, 0.05) is 13.6 Å². The van der Waals surface area contributed by atoms with Crippen molar-refractivity contribution in [3.05, 3.63) is 29.8 Å². The minimum absolute atomic E-state index is 0.0138. The van der Waals surface area contributed by atoms with Crippen LogP contribution < -0.4 is 10.5 Å². The minimum atomic E-state index is -0.389. The molecule has 0 fully saturated rings. The van der Waals surface area contributed by atoms with E-state index in [-0.39, 0.29) is 11.9 Å². The van der Waals surface area contributed by atoms with E-state index in [1.165, 1.54) is 0 Å². The summed E-state index contributed by atoms with van der Waals surface area (Å²) in [6, 6.07) is 7.55. The third-order valence-electron chi connectivity index (χ3n) is 3.32. The molecular formula is C16H26N2O2S. The summed E-state index contributed by atoms with van der Waals surface area (Å²) in [5, 5.41) is 0. The summed E-state index contributed by atoms with van der Waals surface area (Å²) in [4.78, 5) is 13.7. The molecule has 118 valence electrons. The minimum Gasteiger partial charge on any atom is -0.493 e. The summed E-state index contributed by atoms with van der Waals surface area (Å²) in [5.74, 6) is 1.83. The summed E-state index contributed by atoms with van der Waals surface area (Å²) in [6.07, 6.45) is 3.54. The van der Waals surface area contributed by atoms with Crippen LogP contribution in [-0.2, 0) is 4.79 Å². The van der Waals surface area contributed by atoms with Crippen LogP contribution in [-0.4, -0.2) is 49.1 Å². The van der Waals surface area contributed by atoms with Crippen molar-refractivity contribution in [2.24, 2.45) is 5.73 Å². The highest BCUT2D eigenvalue weighted by Gasteiger charge is 2.17. The Morgan fingerprint density at radius 1 is 1.43 bits per heavy atom. The summed E-state index contributed by atoms with van der Waals surface area (Å²) < 4.78 is 5.72. The topological polar surface area (TPSA) is 55.6 Å². The number of likely N-dealkylation sites (N-methyl/N-ethyl adjacent to an activating group) is 1. The number of carbonyl (C=O) groups excluding carboxylic acids is 1. The quantitative estimate of drug-likeness (QED) is 0.711. The van der Waals surface area contributed by atoms with Gasteiger partial charge < -0.3 is 15.4 Å². The molecule has 1 aromatic rings. The highest BCUT2D eigenvalue weighted by Crippen LogP contribution is 2.16. The second-order valence-corrected chi connectivity index (χ2v) is 6.10. The van der Waals surface area contributed by atoms with Crippen LogP contribution in [0.4, 0.5) is 0 Å². The largest absolute Gasteiger partial charge is 0.493 e.